The van der Waals surface area contributed by atoms with Crippen molar-refractivity contribution in [1.29, 1.82) is 0 Å². The Hall–Kier alpha value is -5.14. The minimum absolute atomic E-state index is 0.289. The first-order valence-electron chi connectivity index (χ1n) is 14.3. The van der Waals surface area contributed by atoms with Crippen LogP contribution in [-0.2, 0) is 5.41 Å². The van der Waals surface area contributed by atoms with Crippen molar-refractivity contribution in [2.75, 3.05) is 0 Å². The van der Waals surface area contributed by atoms with Crippen LogP contribution in [0.15, 0.2) is 140 Å². The molecule has 1 aliphatic carbocycles. The highest BCUT2D eigenvalue weighted by Gasteiger charge is 2.42. The molecule has 7 aromatic carbocycles. The van der Waals surface area contributed by atoms with Gasteiger partial charge in [-0.15, -0.1) is 0 Å². The Bertz CT molecular complexity index is 2190. The molecule has 0 bridgehead atoms. The van der Waals surface area contributed by atoms with Crippen LogP contribution in [0, 0.1) is 0 Å². The normalized spacial score (nSPS) is 16.2. The summed E-state index contributed by atoms with van der Waals surface area (Å²) in [6.45, 7) is 2.41. The molecule has 1 aliphatic heterocycles. The second kappa shape index (κ2) is 8.19. The highest BCUT2D eigenvalue weighted by atomic mass is 16.5. The van der Waals surface area contributed by atoms with Gasteiger partial charge in [-0.1, -0.05) is 121 Å². The molecule has 0 aromatic heterocycles. The fraction of sp³-hybridized carbons (Fsp3) is 0.0500. The Labute approximate surface area is 239 Å². The van der Waals surface area contributed by atoms with Crippen molar-refractivity contribution in [2.45, 2.75) is 12.3 Å². The van der Waals surface area contributed by atoms with E-state index in [9.17, 15) is 0 Å². The Morgan fingerprint density at radius 2 is 1.22 bits per heavy atom. The molecule has 0 radical (unpaired) electrons. The summed E-state index contributed by atoms with van der Waals surface area (Å²) in [5.74, 6) is 1.83. The molecule has 1 nitrogen and oxygen atoms in total. The summed E-state index contributed by atoms with van der Waals surface area (Å²) < 4.78 is 6.39. The van der Waals surface area contributed by atoms with E-state index in [0.717, 1.165) is 17.1 Å². The lowest BCUT2D eigenvalue weighted by Gasteiger charge is -2.30. The van der Waals surface area contributed by atoms with Gasteiger partial charge in [-0.2, -0.15) is 0 Å². The van der Waals surface area contributed by atoms with E-state index in [-0.39, 0.29) is 5.41 Å². The largest absolute Gasteiger partial charge is 0.456 e. The standard InChI is InChI=1S/C40H26O/c1-40(28-12-3-2-4-13-28)34-24-27(20-22-31(34)32-23-18-25-10-5-6-14-30(25)39(32)40)29-21-19-26-11-9-17-36-37(26)38(29)33-15-7-8-16-35(33)41-36/h2-24H,1H3. The van der Waals surface area contributed by atoms with Gasteiger partial charge in [0.15, 0.2) is 0 Å². The van der Waals surface area contributed by atoms with Gasteiger partial charge in [0, 0.05) is 21.9 Å². The van der Waals surface area contributed by atoms with Gasteiger partial charge in [0.2, 0.25) is 0 Å². The van der Waals surface area contributed by atoms with Crippen LogP contribution >= 0.6 is 0 Å². The summed E-state index contributed by atoms with van der Waals surface area (Å²) in [7, 11) is 0. The van der Waals surface area contributed by atoms with E-state index in [0.29, 0.717) is 0 Å². The summed E-state index contributed by atoms with van der Waals surface area (Å²) >= 11 is 0. The van der Waals surface area contributed by atoms with Gasteiger partial charge < -0.3 is 4.74 Å². The average molecular weight is 523 g/mol. The van der Waals surface area contributed by atoms with Crippen LogP contribution < -0.4 is 4.74 Å². The van der Waals surface area contributed by atoms with E-state index in [1.165, 1.54) is 66.1 Å². The smallest absolute Gasteiger partial charge is 0.135 e. The molecule has 1 atom stereocenters. The highest BCUT2D eigenvalue weighted by molar-refractivity contribution is 6.10. The van der Waals surface area contributed by atoms with E-state index < -0.39 is 0 Å². The second-order valence-electron chi connectivity index (χ2n) is 11.4. The Balaban J connectivity index is 1.35. The van der Waals surface area contributed by atoms with Gasteiger partial charge in [-0.05, 0) is 80.2 Å². The number of para-hydroxylation sites is 1. The number of hydrogen-bond acceptors (Lipinski definition) is 1. The Kier molecular flexibility index (Phi) is 4.52. The van der Waals surface area contributed by atoms with Crippen LogP contribution in [0.1, 0.15) is 23.6 Å². The number of benzene rings is 7. The number of rotatable bonds is 2. The molecule has 0 saturated heterocycles. The fourth-order valence-electron chi connectivity index (χ4n) is 7.43. The van der Waals surface area contributed by atoms with Crippen LogP contribution in [0.25, 0.3) is 54.9 Å². The van der Waals surface area contributed by atoms with Crippen molar-refractivity contribution in [2.24, 2.45) is 0 Å². The fourth-order valence-corrected chi connectivity index (χ4v) is 7.43. The number of hydrogen-bond donors (Lipinski definition) is 0. The average Bonchev–Trinajstić information content (AvgIpc) is 3.30. The molecule has 0 spiro atoms. The van der Waals surface area contributed by atoms with Crippen LogP contribution in [0.2, 0.25) is 0 Å². The predicted octanol–water partition coefficient (Wildman–Crippen LogP) is 10.8. The molecule has 0 N–H and O–H groups in total. The Morgan fingerprint density at radius 3 is 2.15 bits per heavy atom. The molecule has 0 amide bonds. The third-order valence-electron chi connectivity index (χ3n) is 9.32. The van der Waals surface area contributed by atoms with Crippen molar-refractivity contribution in [3.8, 4) is 44.9 Å². The maximum atomic E-state index is 6.39. The minimum Gasteiger partial charge on any atom is -0.456 e. The van der Waals surface area contributed by atoms with Gasteiger partial charge in [0.1, 0.15) is 11.5 Å². The molecule has 0 saturated carbocycles. The molecule has 1 heteroatoms. The maximum Gasteiger partial charge on any atom is 0.135 e. The summed E-state index contributed by atoms with van der Waals surface area (Å²) in [5, 5.41) is 4.99. The lowest BCUT2D eigenvalue weighted by Crippen LogP contribution is -2.22. The molecular weight excluding hydrogens is 496 g/mol. The molecule has 192 valence electrons. The first-order valence-corrected chi connectivity index (χ1v) is 14.3. The third-order valence-corrected chi connectivity index (χ3v) is 9.32. The zero-order valence-electron chi connectivity index (χ0n) is 22.7. The highest BCUT2D eigenvalue weighted by Crippen LogP contribution is 2.56. The lowest BCUT2D eigenvalue weighted by molar-refractivity contribution is 0.487. The molecule has 0 fully saturated rings. The summed E-state index contributed by atoms with van der Waals surface area (Å²) in [6, 6.07) is 50.8. The zero-order valence-corrected chi connectivity index (χ0v) is 22.7. The van der Waals surface area contributed by atoms with E-state index in [1.807, 2.05) is 0 Å². The van der Waals surface area contributed by atoms with Crippen molar-refractivity contribution in [1.82, 2.24) is 0 Å². The summed E-state index contributed by atoms with van der Waals surface area (Å²) in [6.07, 6.45) is 0. The van der Waals surface area contributed by atoms with Gasteiger partial charge in [-0.25, -0.2) is 0 Å². The van der Waals surface area contributed by atoms with Crippen LogP contribution in [-0.4, -0.2) is 0 Å². The van der Waals surface area contributed by atoms with E-state index in [4.69, 9.17) is 4.74 Å². The quantitative estimate of drug-likeness (QED) is 0.219. The molecule has 41 heavy (non-hydrogen) atoms. The third kappa shape index (κ3) is 3.01. The molecule has 7 aromatic rings. The topological polar surface area (TPSA) is 9.23 Å². The molecule has 9 rings (SSSR count). The van der Waals surface area contributed by atoms with Crippen LogP contribution in [0.4, 0.5) is 0 Å². The van der Waals surface area contributed by atoms with Gasteiger partial charge in [-0.3, -0.25) is 0 Å². The Morgan fingerprint density at radius 1 is 0.512 bits per heavy atom. The van der Waals surface area contributed by atoms with E-state index >= 15 is 0 Å². The summed E-state index contributed by atoms with van der Waals surface area (Å²) in [5.41, 5.74) is 11.3. The van der Waals surface area contributed by atoms with Crippen molar-refractivity contribution < 1.29 is 4.74 Å². The van der Waals surface area contributed by atoms with Gasteiger partial charge in [0.05, 0.1) is 0 Å². The maximum absolute atomic E-state index is 6.39. The van der Waals surface area contributed by atoms with E-state index in [1.54, 1.807) is 0 Å². The monoisotopic (exact) mass is 522 g/mol. The van der Waals surface area contributed by atoms with E-state index in [2.05, 4.69) is 146 Å². The molecule has 1 unspecified atom stereocenters. The zero-order chi connectivity index (χ0) is 27.1. The first-order chi connectivity index (χ1) is 20.2. The molecule has 2 aliphatic rings. The summed E-state index contributed by atoms with van der Waals surface area (Å²) in [4.78, 5) is 0. The van der Waals surface area contributed by atoms with Gasteiger partial charge in [0.25, 0.3) is 0 Å². The van der Waals surface area contributed by atoms with Crippen molar-refractivity contribution in [3.05, 3.63) is 156 Å². The number of fused-ring (bicyclic) bond motifs is 7. The minimum atomic E-state index is -0.289. The van der Waals surface area contributed by atoms with Crippen molar-refractivity contribution in [3.63, 3.8) is 0 Å². The molecule has 1 heterocycles. The molecular formula is C40H26O. The lowest BCUT2D eigenvalue weighted by atomic mass is 9.72. The van der Waals surface area contributed by atoms with Crippen LogP contribution in [0.3, 0.4) is 0 Å². The first kappa shape index (κ1) is 22.7. The van der Waals surface area contributed by atoms with Crippen molar-refractivity contribution >= 4 is 21.5 Å². The SMILES string of the molecule is CC1(c2ccccc2)c2cc(-c3ccc4cccc5c4c3-c3ccccc3O5)ccc2-c2ccc3ccccc3c21. The predicted molar refractivity (Wildman–Crippen MR) is 170 cm³/mol. The van der Waals surface area contributed by atoms with Gasteiger partial charge >= 0.3 is 0 Å². The number of ether oxygens (including phenoxy) is 1. The van der Waals surface area contributed by atoms with Crippen LogP contribution in [0.5, 0.6) is 11.5 Å². The second-order valence-corrected chi connectivity index (χ2v) is 11.4.